The summed E-state index contributed by atoms with van der Waals surface area (Å²) in [6.07, 6.45) is 0.329. The molecule has 3 nitrogen and oxygen atoms in total. The number of benzene rings is 2. The normalized spacial score (nSPS) is 26.5. The largest absolute Gasteiger partial charge is 0.486 e. The molecular formula is C17H14ClNO2. The number of carbonyl (C=O) groups is 1. The van der Waals surface area contributed by atoms with E-state index in [0.717, 1.165) is 17.0 Å². The maximum atomic E-state index is 12.4. The highest BCUT2D eigenvalue weighted by Crippen LogP contribution is 2.42. The zero-order valence-corrected chi connectivity index (χ0v) is 12.0. The first-order valence-corrected chi connectivity index (χ1v) is 7.40. The van der Waals surface area contributed by atoms with Gasteiger partial charge < -0.3 is 10.1 Å². The second kappa shape index (κ2) is 4.78. The lowest BCUT2D eigenvalue weighted by molar-refractivity contribution is -0.119. The third kappa shape index (κ3) is 2.09. The number of ether oxygens (including phenoxy) is 1. The summed E-state index contributed by atoms with van der Waals surface area (Å²) in [6.45, 7) is 0. The maximum Gasteiger partial charge on any atom is 0.146 e. The van der Waals surface area contributed by atoms with Gasteiger partial charge in [-0.3, -0.25) is 4.79 Å². The first-order chi connectivity index (χ1) is 10.2. The summed E-state index contributed by atoms with van der Waals surface area (Å²) >= 11 is 6.04. The molecule has 3 atom stereocenters. The quantitative estimate of drug-likeness (QED) is 0.874. The number of hydrogen-bond donors (Lipinski definition) is 1. The second-order valence-electron chi connectivity index (χ2n) is 5.53. The number of anilines is 1. The molecule has 0 spiro atoms. The van der Waals surface area contributed by atoms with Gasteiger partial charge in [0, 0.05) is 11.4 Å². The van der Waals surface area contributed by atoms with Gasteiger partial charge in [-0.25, -0.2) is 0 Å². The summed E-state index contributed by atoms with van der Waals surface area (Å²) in [5, 5.41) is 4.10. The zero-order valence-electron chi connectivity index (χ0n) is 11.3. The molecular weight excluding hydrogens is 286 g/mol. The number of rotatable bonds is 1. The number of hydrogen-bond acceptors (Lipinski definition) is 3. The van der Waals surface area contributed by atoms with Gasteiger partial charge in [0.05, 0.1) is 17.6 Å². The molecule has 0 unspecified atom stereocenters. The van der Waals surface area contributed by atoms with Gasteiger partial charge in [0.1, 0.15) is 17.6 Å². The van der Waals surface area contributed by atoms with Crippen molar-refractivity contribution in [1.82, 2.24) is 0 Å². The molecule has 2 aromatic rings. The van der Waals surface area contributed by atoms with E-state index in [9.17, 15) is 4.79 Å². The van der Waals surface area contributed by atoms with E-state index in [0.29, 0.717) is 11.4 Å². The molecule has 1 N–H and O–H groups in total. The van der Waals surface area contributed by atoms with Crippen LogP contribution >= 0.6 is 11.6 Å². The third-order valence-electron chi connectivity index (χ3n) is 4.21. The molecule has 1 fully saturated rings. The molecule has 2 aromatic carbocycles. The minimum atomic E-state index is -0.164. The van der Waals surface area contributed by atoms with Crippen LogP contribution in [0.4, 0.5) is 5.69 Å². The standard InChI is InChI=1S/C17H14ClNO2/c18-11-6-7-14-12(8-11)19-17-15(21-14)9-13(20)16(17)10-4-2-1-3-5-10/h1-8,15-17,19H,9H2/t15-,16-,17-/m1/s1. The Labute approximate surface area is 127 Å². The molecule has 1 heterocycles. The van der Waals surface area contributed by atoms with Crippen LogP contribution in [0, 0.1) is 0 Å². The average Bonchev–Trinajstić information content (AvgIpc) is 2.80. The molecule has 1 saturated carbocycles. The van der Waals surface area contributed by atoms with E-state index in [1.807, 2.05) is 42.5 Å². The van der Waals surface area contributed by atoms with Crippen molar-refractivity contribution in [2.75, 3.05) is 5.32 Å². The highest BCUT2D eigenvalue weighted by Gasteiger charge is 2.47. The highest BCUT2D eigenvalue weighted by molar-refractivity contribution is 6.31. The van der Waals surface area contributed by atoms with Crippen molar-refractivity contribution in [3.63, 3.8) is 0 Å². The van der Waals surface area contributed by atoms with E-state index in [4.69, 9.17) is 16.3 Å². The molecule has 0 radical (unpaired) electrons. The van der Waals surface area contributed by atoms with Gasteiger partial charge in [0.2, 0.25) is 0 Å². The van der Waals surface area contributed by atoms with Crippen molar-refractivity contribution >= 4 is 23.1 Å². The average molecular weight is 300 g/mol. The van der Waals surface area contributed by atoms with E-state index in [1.165, 1.54) is 0 Å². The van der Waals surface area contributed by atoms with Crippen LogP contribution in [-0.2, 0) is 4.79 Å². The van der Waals surface area contributed by atoms with Crippen molar-refractivity contribution in [2.24, 2.45) is 0 Å². The number of Topliss-reactive ketones (excluding diaryl/α,β-unsaturated/α-hetero) is 1. The molecule has 0 bridgehead atoms. The molecule has 1 aliphatic carbocycles. The van der Waals surface area contributed by atoms with Crippen LogP contribution in [0.1, 0.15) is 17.9 Å². The van der Waals surface area contributed by atoms with Crippen molar-refractivity contribution in [1.29, 1.82) is 0 Å². The second-order valence-corrected chi connectivity index (χ2v) is 5.96. The summed E-state index contributed by atoms with van der Waals surface area (Å²) in [7, 11) is 0. The van der Waals surface area contributed by atoms with Crippen LogP contribution in [0.5, 0.6) is 5.75 Å². The van der Waals surface area contributed by atoms with Crippen molar-refractivity contribution in [3.05, 3.63) is 59.1 Å². The van der Waals surface area contributed by atoms with Crippen molar-refractivity contribution in [2.45, 2.75) is 24.5 Å². The molecule has 2 aliphatic rings. The summed E-state index contributed by atoms with van der Waals surface area (Å²) in [4.78, 5) is 12.4. The highest BCUT2D eigenvalue weighted by atomic mass is 35.5. The van der Waals surface area contributed by atoms with Crippen molar-refractivity contribution in [3.8, 4) is 5.75 Å². The van der Waals surface area contributed by atoms with E-state index >= 15 is 0 Å². The van der Waals surface area contributed by atoms with Crippen LogP contribution < -0.4 is 10.1 Å². The summed E-state index contributed by atoms with van der Waals surface area (Å²) in [5.74, 6) is 0.827. The Balaban J connectivity index is 1.72. The minimum absolute atomic E-state index is 0.0362. The first kappa shape index (κ1) is 12.7. The smallest absolute Gasteiger partial charge is 0.146 e. The van der Waals surface area contributed by atoms with Gasteiger partial charge in [-0.1, -0.05) is 41.9 Å². The van der Waals surface area contributed by atoms with Gasteiger partial charge >= 0.3 is 0 Å². The lowest BCUT2D eigenvalue weighted by Crippen LogP contribution is -2.40. The predicted molar refractivity (Wildman–Crippen MR) is 82.1 cm³/mol. The fraction of sp³-hybridized carbons (Fsp3) is 0.235. The zero-order chi connectivity index (χ0) is 14.4. The van der Waals surface area contributed by atoms with Gasteiger partial charge in [-0.2, -0.15) is 0 Å². The van der Waals surface area contributed by atoms with Gasteiger partial charge in [0.25, 0.3) is 0 Å². The van der Waals surface area contributed by atoms with E-state index in [-0.39, 0.29) is 23.8 Å². The van der Waals surface area contributed by atoms with Crippen LogP contribution in [-0.4, -0.2) is 17.9 Å². The van der Waals surface area contributed by atoms with Crippen LogP contribution in [0.3, 0.4) is 0 Å². The number of fused-ring (bicyclic) bond motifs is 2. The Morgan fingerprint density at radius 1 is 1.14 bits per heavy atom. The van der Waals surface area contributed by atoms with E-state index < -0.39 is 0 Å². The molecule has 1 aliphatic heterocycles. The Kier molecular flexibility index (Phi) is 2.89. The van der Waals surface area contributed by atoms with Crippen LogP contribution in [0.2, 0.25) is 5.02 Å². The molecule has 0 amide bonds. The SMILES string of the molecule is O=C1C[C@H]2Oc3ccc(Cl)cc3N[C@H]2[C@@H]1c1ccccc1. The van der Waals surface area contributed by atoms with Gasteiger partial charge in [0.15, 0.2) is 0 Å². The number of halogens is 1. The number of carbonyl (C=O) groups excluding carboxylic acids is 1. The van der Waals surface area contributed by atoms with Crippen molar-refractivity contribution < 1.29 is 9.53 Å². The van der Waals surface area contributed by atoms with Crippen LogP contribution in [0.25, 0.3) is 0 Å². The Hall–Kier alpha value is -2.00. The molecule has 0 aromatic heterocycles. The number of nitrogens with one attached hydrogen (secondary N) is 1. The fourth-order valence-corrected chi connectivity index (χ4v) is 3.44. The maximum absolute atomic E-state index is 12.4. The molecule has 4 heteroatoms. The van der Waals surface area contributed by atoms with Gasteiger partial charge in [-0.15, -0.1) is 0 Å². The minimum Gasteiger partial charge on any atom is -0.486 e. The lowest BCUT2D eigenvalue weighted by Gasteiger charge is -2.32. The first-order valence-electron chi connectivity index (χ1n) is 7.03. The van der Waals surface area contributed by atoms with E-state index in [1.54, 1.807) is 6.07 Å². The lowest BCUT2D eigenvalue weighted by atomic mass is 9.92. The topological polar surface area (TPSA) is 38.3 Å². The number of ketones is 1. The monoisotopic (exact) mass is 299 g/mol. The molecule has 0 saturated heterocycles. The van der Waals surface area contributed by atoms with Crippen LogP contribution in [0.15, 0.2) is 48.5 Å². The third-order valence-corrected chi connectivity index (χ3v) is 4.44. The summed E-state index contributed by atoms with van der Waals surface area (Å²) in [5.41, 5.74) is 1.90. The van der Waals surface area contributed by atoms with Gasteiger partial charge in [-0.05, 0) is 23.8 Å². The summed E-state index contributed by atoms with van der Waals surface area (Å²) < 4.78 is 5.99. The molecule has 21 heavy (non-hydrogen) atoms. The summed E-state index contributed by atoms with van der Waals surface area (Å²) in [6, 6.07) is 15.3. The molecule has 4 rings (SSSR count). The predicted octanol–water partition coefficient (Wildman–Crippen LogP) is 3.64. The fourth-order valence-electron chi connectivity index (χ4n) is 3.27. The van der Waals surface area contributed by atoms with E-state index in [2.05, 4.69) is 5.32 Å². The Morgan fingerprint density at radius 2 is 1.95 bits per heavy atom. The Bertz CT molecular complexity index is 701. The molecule has 106 valence electrons. The Morgan fingerprint density at radius 3 is 2.76 bits per heavy atom.